The van der Waals surface area contributed by atoms with E-state index >= 15 is 0 Å². The van der Waals surface area contributed by atoms with Crippen LogP contribution in [0.1, 0.15) is 45.2 Å². The van der Waals surface area contributed by atoms with Crippen molar-refractivity contribution in [3.05, 3.63) is 59.4 Å². The van der Waals surface area contributed by atoms with Crippen LogP contribution in [0.3, 0.4) is 0 Å². The number of aliphatic hydroxyl groups is 1. The number of likely N-dealkylation sites (N-methyl/N-ethyl adjacent to an activating group) is 1. The fraction of sp³-hybridized carbons (Fsp3) is 0.500. The highest BCUT2D eigenvalue weighted by molar-refractivity contribution is 7.89. The van der Waals surface area contributed by atoms with Crippen LogP contribution in [0.25, 0.3) is 0 Å². The standard InChI is InChI=1S/C28H37FN2O4S/c1-20(2)9-8-10-23-13-14-28-26(15-23)35-27(18-30(5)17-24-11-6-7-12-25(24)29)21(3)16-31(22(4)19-32)36(28,33)34/h6-7,11-15,20-22,27,32H,9,16-19H2,1-5H3/t21-,22+,27-/m1/s1. The lowest BCUT2D eigenvalue weighted by Crippen LogP contribution is -2.49. The second kappa shape index (κ2) is 12.2. The Hall–Kier alpha value is -2.44. The minimum absolute atomic E-state index is 0.0610. The molecule has 1 aliphatic heterocycles. The number of aliphatic hydroxyl groups excluding tert-OH is 1. The maximum Gasteiger partial charge on any atom is 0.247 e. The first-order valence-electron chi connectivity index (χ1n) is 12.4. The van der Waals surface area contributed by atoms with Gasteiger partial charge in [-0.3, -0.25) is 4.90 Å². The van der Waals surface area contributed by atoms with Crippen LogP contribution in [-0.4, -0.2) is 61.6 Å². The van der Waals surface area contributed by atoms with Gasteiger partial charge >= 0.3 is 0 Å². The third-order valence-electron chi connectivity index (χ3n) is 6.30. The molecule has 6 nitrogen and oxygen atoms in total. The largest absolute Gasteiger partial charge is 0.487 e. The van der Waals surface area contributed by atoms with E-state index in [1.54, 1.807) is 37.3 Å². The van der Waals surface area contributed by atoms with Gasteiger partial charge in [-0.2, -0.15) is 4.31 Å². The Bertz CT molecular complexity index is 1210. The summed E-state index contributed by atoms with van der Waals surface area (Å²) in [6, 6.07) is 11.0. The highest BCUT2D eigenvalue weighted by atomic mass is 32.2. The fourth-order valence-electron chi connectivity index (χ4n) is 4.17. The van der Waals surface area contributed by atoms with Gasteiger partial charge in [-0.15, -0.1) is 0 Å². The average Bonchev–Trinajstić information content (AvgIpc) is 2.82. The number of rotatable bonds is 7. The molecule has 0 aliphatic carbocycles. The molecule has 1 N–H and O–H groups in total. The molecule has 196 valence electrons. The van der Waals surface area contributed by atoms with Gasteiger partial charge in [-0.25, -0.2) is 12.8 Å². The van der Waals surface area contributed by atoms with Gasteiger partial charge in [0.15, 0.2) is 0 Å². The summed E-state index contributed by atoms with van der Waals surface area (Å²) >= 11 is 0. The van der Waals surface area contributed by atoms with E-state index in [1.807, 2.05) is 18.9 Å². The van der Waals surface area contributed by atoms with Crippen LogP contribution < -0.4 is 4.74 Å². The Kier molecular flexibility index (Phi) is 9.53. The number of halogens is 1. The number of benzene rings is 2. The van der Waals surface area contributed by atoms with Gasteiger partial charge in [0, 0.05) is 49.1 Å². The summed E-state index contributed by atoms with van der Waals surface area (Å²) in [6.45, 7) is 8.55. The quantitative estimate of drug-likeness (QED) is 0.561. The molecule has 0 amide bonds. The van der Waals surface area contributed by atoms with Crippen LogP contribution >= 0.6 is 0 Å². The van der Waals surface area contributed by atoms with Gasteiger partial charge in [0.2, 0.25) is 10.0 Å². The van der Waals surface area contributed by atoms with Gasteiger partial charge < -0.3 is 9.84 Å². The van der Waals surface area contributed by atoms with Crippen LogP contribution in [0, 0.1) is 29.5 Å². The molecule has 0 saturated carbocycles. The predicted molar refractivity (Wildman–Crippen MR) is 140 cm³/mol. The smallest absolute Gasteiger partial charge is 0.247 e. The summed E-state index contributed by atoms with van der Waals surface area (Å²) in [4.78, 5) is 2.03. The van der Waals surface area contributed by atoms with Crippen molar-refractivity contribution in [3.63, 3.8) is 0 Å². The normalized spacial score (nSPS) is 20.6. The van der Waals surface area contributed by atoms with Crippen molar-refractivity contribution < 1.29 is 22.7 Å². The molecule has 36 heavy (non-hydrogen) atoms. The zero-order valence-corrected chi connectivity index (χ0v) is 22.6. The molecule has 0 radical (unpaired) electrons. The van der Waals surface area contributed by atoms with E-state index in [0.29, 0.717) is 30.1 Å². The Morgan fingerprint density at radius 1 is 1.22 bits per heavy atom. The van der Waals surface area contributed by atoms with E-state index in [0.717, 1.165) is 6.42 Å². The first-order valence-corrected chi connectivity index (χ1v) is 13.8. The number of sulfonamides is 1. The van der Waals surface area contributed by atoms with Crippen LogP contribution in [0.5, 0.6) is 5.75 Å². The Balaban J connectivity index is 1.97. The van der Waals surface area contributed by atoms with E-state index in [2.05, 4.69) is 25.7 Å². The topological polar surface area (TPSA) is 70.1 Å². The van der Waals surface area contributed by atoms with Gasteiger partial charge in [0.25, 0.3) is 0 Å². The molecule has 0 bridgehead atoms. The molecule has 0 unspecified atom stereocenters. The summed E-state index contributed by atoms with van der Waals surface area (Å²) < 4.78 is 49.1. The zero-order chi connectivity index (χ0) is 26.5. The molecule has 3 atom stereocenters. The van der Waals surface area contributed by atoms with Crippen molar-refractivity contribution in [2.24, 2.45) is 11.8 Å². The average molecular weight is 517 g/mol. The molecule has 0 fully saturated rings. The van der Waals surface area contributed by atoms with Gasteiger partial charge in [-0.1, -0.05) is 50.8 Å². The summed E-state index contributed by atoms with van der Waals surface area (Å²) in [5.41, 5.74) is 1.26. The van der Waals surface area contributed by atoms with E-state index < -0.39 is 16.1 Å². The number of fused-ring (bicyclic) bond motifs is 1. The highest BCUT2D eigenvalue weighted by Gasteiger charge is 2.38. The van der Waals surface area contributed by atoms with Crippen LogP contribution in [-0.2, 0) is 16.6 Å². The van der Waals surface area contributed by atoms with E-state index in [9.17, 15) is 17.9 Å². The number of nitrogens with zero attached hydrogens (tertiary/aromatic N) is 2. The number of hydrogen-bond donors (Lipinski definition) is 1. The molecule has 3 rings (SSSR count). The van der Waals surface area contributed by atoms with Crippen molar-refractivity contribution in [2.75, 3.05) is 26.7 Å². The number of hydrogen-bond acceptors (Lipinski definition) is 5. The minimum Gasteiger partial charge on any atom is -0.487 e. The highest BCUT2D eigenvalue weighted by Crippen LogP contribution is 2.34. The maximum absolute atomic E-state index is 14.2. The molecular formula is C28H37FN2O4S. The van der Waals surface area contributed by atoms with Crippen LogP contribution in [0.2, 0.25) is 0 Å². The third-order valence-corrected chi connectivity index (χ3v) is 8.32. The Morgan fingerprint density at radius 3 is 2.61 bits per heavy atom. The van der Waals surface area contributed by atoms with Crippen molar-refractivity contribution in [1.82, 2.24) is 9.21 Å². The Morgan fingerprint density at radius 2 is 1.94 bits per heavy atom. The summed E-state index contributed by atoms with van der Waals surface area (Å²) in [5.74, 6) is 6.47. The van der Waals surface area contributed by atoms with E-state index in [1.165, 1.54) is 16.4 Å². The lowest BCUT2D eigenvalue weighted by Gasteiger charge is -2.37. The van der Waals surface area contributed by atoms with Gasteiger partial charge in [-0.05, 0) is 44.2 Å². The third kappa shape index (κ3) is 6.86. The molecule has 1 heterocycles. The summed E-state index contributed by atoms with van der Waals surface area (Å²) in [6.07, 6.45) is 0.363. The molecule has 0 aromatic heterocycles. The fourth-order valence-corrected chi connectivity index (χ4v) is 5.99. The summed E-state index contributed by atoms with van der Waals surface area (Å²) in [7, 11) is -2.02. The second-order valence-corrected chi connectivity index (χ2v) is 11.9. The lowest BCUT2D eigenvalue weighted by atomic mass is 10.0. The molecular weight excluding hydrogens is 479 g/mol. The first kappa shape index (κ1) is 28.1. The number of ether oxygens (including phenoxy) is 1. The van der Waals surface area contributed by atoms with Gasteiger partial charge in [0.1, 0.15) is 22.6 Å². The molecule has 1 aliphatic rings. The molecule has 0 saturated heterocycles. The molecule has 0 spiro atoms. The zero-order valence-electron chi connectivity index (χ0n) is 21.7. The lowest BCUT2D eigenvalue weighted by molar-refractivity contribution is 0.0731. The first-order chi connectivity index (χ1) is 17.0. The monoisotopic (exact) mass is 516 g/mol. The minimum atomic E-state index is -3.91. The molecule has 8 heteroatoms. The maximum atomic E-state index is 14.2. The summed E-state index contributed by atoms with van der Waals surface area (Å²) in [5, 5.41) is 9.80. The van der Waals surface area contributed by atoms with E-state index in [4.69, 9.17) is 4.74 Å². The molecule has 2 aromatic rings. The van der Waals surface area contributed by atoms with Crippen molar-refractivity contribution in [3.8, 4) is 17.6 Å². The van der Waals surface area contributed by atoms with Crippen molar-refractivity contribution in [2.45, 2.75) is 57.7 Å². The predicted octanol–water partition coefficient (Wildman–Crippen LogP) is 4.12. The van der Waals surface area contributed by atoms with Crippen LogP contribution in [0.4, 0.5) is 4.39 Å². The van der Waals surface area contributed by atoms with Gasteiger partial charge in [0.05, 0.1) is 6.61 Å². The molecule has 2 aromatic carbocycles. The SMILES string of the molecule is CC(C)CC#Cc1ccc2c(c1)O[C@H](CN(C)Cc1ccccc1F)[C@H](C)CN([C@@H](C)CO)S2(=O)=O. The van der Waals surface area contributed by atoms with Crippen LogP contribution in [0.15, 0.2) is 47.4 Å². The van der Waals surface area contributed by atoms with Crippen molar-refractivity contribution in [1.29, 1.82) is 0 Å². The van der Waals surface area contributed by atoms with E-state index in [-0.39, 0.29) is 41.6 Å². The second-order valence-electron chi connectivity index (χ2n) is 10.1. The van der Waals surface area contributed by atoms with Crippen molar-refractivity contribution >= 4 is 10.0 Å². The Labute approximate surface area is 215 Å².